The first-order valence-corrected chi connectivity index (χ1v) is 8.45. The molecule has 142 valence electrons. The van der Waals surface area contributed by atoms with Gasteiger partial charge in [-0.1, -0.05) is 30.3 Å². The predicted molar refractivity (Wildman–Crippen MR) is 101 cm³/mol. The maximum atomic E-state index is 13.7. The standard InChI is InChI=1S/C21H22F2N2O2/c1-14(22)10-11-18(15(2)24)21(26)25-13-16-6-5-7-17(12-16)27-20-9-4-3-8-19(20)23/h3-12,14H,13,24H2,1-2H3,(H,25,26)/b11-10-,18-15-. The lowest BCUT2D eigenvalue weighted by Gasteiger charge is -2.10. The highest BCUT2D eigenvalue weighted by molar-refractivity contribution is 5.96. The van der Waals surface area contributed by atoms with Gasteiger partial charge < -0.3 is 15.8 Å². The van der Waals surface area contributed by atoms with E-state index in [0.29, 0.717) is 11.4 Å². The van der Waals surface area contributed by atoms with Crippen molar-refractivity contribution in [3.8, 4) is 11.5 Å². The summed E-state index contributed by atoms with van der Waals surface area (Å²) in [6.45, 7) is 3.15. The van der Waals surface area contributed by atoms with Crippen molar-refractivity contribution in [2.75, 3.05) is 0 Å². The number of alkyl halides is 1. The van der Waals surface area contributed by atoms with Crippen LogP contribution in [0.2, 0.25) is 0 Å². The predicted octanol–water partition coefficient (Wildman–Crippen LogP) is 4.38. The van der Waals surface area contributed by atoms with E-state index in [1.807, 2.05) is 0 Å². The lowest BCUT2D eigenvalue weighted by molar-refractivity contribution is -0.117. The van der Waals surface area contributed by atoms with E-state index < -0.39 is 17.9 Å². The Kier molecular flexibility index (Phi) is 7.11. The summed E-state index contributed by atoms with van der Waals surface area (Å²) in [6, 6.07) is 13.0. The van der Waals surface area contributed by atoms with Gasteiger partial charge in [-0.2, -0.15) is 0 Å². The molecule has 27 heavy (non-hydrogen) atoms. The van der Waals surface area contributed by atoms with Gasteiger partial charge in [0.15, 0.2) is 11.6 Å². The Balaban J connectivity index is 2.05. The summed E-state index contributed by atoms with van der Waals surface area (Å²) < 4.78 is 32.2. The highest BCUT2D eigenvalue weighted by atomic mass is 19.1. The van der Waals surface area contributed by atoms with E-state index in [0.717, 1.165) is 5.56 Å². The first-order chi connectivity index (χ1) is 12.9. The zero-order valence-electron chi connectivity index (χ0n) is 15.2. The largest absolute Gasteiger partial charge is 0.454 e. The minimum atomic E-state index is -1.18. The van der Waals surface area contributed by atoms with Crippen LogP contribution in [0, 0.1) is 5.82 Å². The molecular weight excluding hydrogens is 350 g/mol. The van der Waals surface area contributed by atoms with Crippen molar-refractivity contribution >= 4 is 5.91 Å². The first-order valence-electron chi connectivity index (χ1n) is 8.45. The number of nitrogens with two attached hydrogens (primary N) is 1. The highest BCUT2D eigenvalue weighted by Crippen LogP contribution is 2.24. The van der Waals surface area contributed by atoms with Crippen molar-refractivity contribution in [3.63, 3.8) is 0 Å². The molecule has 3 N–H and O–H groups in total. The van der Waals surface area contributed by atoms with Crippen molar-refractivity contribution in [2.45, 2.75) is 26.6 Å². The lowest BCUT2D eigenvalue weighted by atomic mass is 10.1. The lowest BCUT2D eigenvalue weighted by Crippen LogP contribution is -2.25. The maximum absolute atomic E-state index is 13.7. The number of carbonyl (C=O) groups excluding carboxylic acids is 1. The molecule has 1 amide bonds. The van der Waals surface area contributed by atoms with Crippen LogP contribution < -0.4 is 15.8 Å². The van der Waals surface area contributed by atoms with Gasteiger partial charge in [0.2, 0.25) is 0 Å². The van der Waals surface area contributed by atoms with Crippen molar-refractivity contribution in [1.82, 2.24) is 5.32 Å². The van der Waals surface area contributed by atoms with E-state index in [2.05, 4.69) is 5.32 Å². The third-order valence-corrected chi connectivity index (χ3v) is 3.61. The van der Waals surface area contributed by atoms with Crippen LogP contribution >= 0.6 is 0 Å². The molecule has 0 spiro atoms. The fraction of sp³-hybridized carbons (Fsp3) is 0.190. The number of hydrogen-bond acceptors (Lipinski definition) is 3. The monoisotopic (exact) mass is 372 g/mol. The van der Waals surface area contributed by atoms with E-state index in [1.165, 1.54) is 31.2 Å². The average molecular weight is 372 g/mol. The van der Waals surface area contributed by atoms with Crippen LogP contribution in [0.1, 0.15) is 19.4 Å². The summed E-state index contributed by atoms with van der Waals surface area (Å²) in [5.74, 6) is -0.303. The summed E-state index contributed by atoms with van der Waals surface area (Å²) in [4.78, 5) is 12.3. The van der Waals surface area contributed by atoms with Crippen LogP contribution in [0.3, 0.4) is 0 Å². The molecule has 1 unspecified atom stereocenters. The summed E-state index contributed by atoms with van der Waals surface area (Å²) in [5, 5.41) is 2.73. The van der Waals surface area contributed by atoms with Crippen LogP contribution in [0.5, 0.6) is 11.5 Å². The minimum absolute atomic E-state index is 0.119. The molecule has 0 aliphatic heterocycles. The minimum Gasteiger partial charge on any atom is -0.454 e. The fourth-order valence-electron chi connectivity index (χ4n) is 2.27. The van der Waals surface area contributed by atoms with Crippen molar-refractivity contribution in [1.29, 1.82) is 0 Å². The summed E-state index contributed by atoms with van der Waals surface area (Å²) >= 11 is 0. The molecular formula is C21H22F2N2O2. The summed E-state index contributed by atoms with van der Waals surface area (Å²) in [6.07, 6.45) is 1.45. The van der Waals surface area contributed by atoms with E-state index in [1.54, 1.807) is 43.3 Å². The molecule has 0 saturated heterocycles. The molecule has 0 aliphatic rings. The Bertz CT molecular complexity index is 857. The van der Waals surface area contributed by atoms with E-state index >= 15 is 0 Å². The van der Waals surface area contributed by atoms with Crippen LogP contribution in [0.4, 0.5) is 8.78 Å². The molecule has 0 saturated carbocycles. The molecule has 0 heterocycles. The quantitative estimate of drug-likeness (QED) is 0.560. The van der Waals surface area contributed by atoms with Gasteiger partial charge in [0, 0.05) is 12.2 Å². The molecule has 0 bridgehead atoms. The molecule has 0 radical (unpaired) electrons. The summed E-state index contributed by atoms with van der Waals surface area (Å²) in [5.41, 5.74) is 6.96. The normalized spacial score (nSPS) is 13.2. The second kappa shape index (κ2) is 9.52. The topological polar surface area (TPSA) is 64.4 Å². The number of hydrogen-bond donors (Lipinski definition) is 2. The van der Waals surface area contributed by atoms with Crippen LogP contribution in [-0.2, 0) is 11.3 Å². The maximum Gasteiger partial charge on any atom is 0.253 e. The molecule has 0 fully saturated rings. The Morgan fingerprint density at radius 2 is 2.00 bits per heavy atom. The highest BCUT2D eigenvalue weighted by Gasteiger charge is 2.10. The van der Waals surface area contributed by atoms with Gasteiger partial charge >= 0.3 is 0 Å². The number of rotatable bonds is 7. The van der Waals surface area contributed by atoms with Gasteiger partial charge in [-0.05, 0) is 49.8 Å². The van der Waals surface area contributed by atoms with Gasteiger partial charge in [-0.15, -0.1) is 0 Å². The Morgan fingerprint density at radius 3 is 2.67 bits per heavy atom. The molecule has 2 rings (SSSR count). The van der Waals surface area contributed by atoms with Crippen molar-refractivity contribution in [3.05, 3.63) is 83.3 Å². The number of allylic oxidation sites excluding steroid dienone is 2. The van der Waals surface area contributed by atoms with Crippen molar-refractivity contribution in [2.24, 2.45) is 5.73 Å². The third-order valence-electron chi connectivity index (χ3n) is 3.61. The zero-order chi connectivity index (χ0) is 19.8. The van der Waals surface area contributed by atoms with Crippen LogP contribution in [0.15, 0.2) is 72.0 Å². The number of halogens is 2. The Labute approximate surface area is 157 Å². The molecule has 2 aromatic rings. The number of ether oxygens (including phenoxy) is 1. The molecule has 6 heteroatoms. The number of benzene rings is 2. The van der Waals surface area contributed by atoms with E-state index in [-0.39, 0.29) is 17.9 Å². The fourth-order valence-corrected chi connectivity index (χ4v) is 2.27. The second-order valence-corrected chi connectivity index (χ2v) is 6.00. The number of nitrogens with one attached hydrogen (secondary N) is 1. The molecule has 4 nitrogen and oxygen atoms in total. The third kappa shape index (κ3) is 6.26. The average Bonchev–Trinajstić information content (AvgIpc) is 2.62. The van der Waals surface area contributed by atoms with Gasteiger partial charge in [0.25, 0.3) is 5.91 Å². The van der Waals surface area contributed by atoms with Gasteiger partial charge in [0.1, 0.15) is 11.9 Å². The molecule has 2 aromatic carbocycles. The number of para-hydroxylation sites is 1. The van der Waals surface area contributed by atoms with E-state index in [9.17, 15) is 13.6 Å². The Morgan fingerprint density at radius 1 is 1.26 bits per heavy atom. The second-order valence-electron chi connectivity index (χ2n) is 6.00. The van der Waals surface area contributed by atoms with E-state index in [4.69, 9.17) is 10.5 Å². The summed E-state index contributed by atoms with van der Waals surface area (Å²) in [7, 11) is 0. The zero-order valence-corrected chi connectivity index (χ0v) is 15.2. The number of carbonyl (C=O) groups is 1. The first kappa shape index (κ1) is 20.2. The van der Waals surface area contributed by atoms with Gasteiger partial charge in [-0.25, -0.2) is 8.78 Å². The van der Waals surface area contributed by atoms with Crippen molar-refractivity contribution < 1.29 is 18.3 Å². The van der Waals surface area contributed by atoms with Gasteiger partial charge in [-0.3, -0.25) is 4.79 Å². The molecule has 0 aliphatic carbocycles. The van der Waals surface area contributed by atoms with Crippen LogP contribution in [0.25, 0.3) is 0 Å². The van der Waals surface area contributed by atoms with Crippen LogP contribution in [-0.4, -0.2) is 12.1 Å². The van der Waals surface area contributed by atoms with Gasteiger partial charge in [0.05, 0.1) is 5.57 Å². The smallest absolute Gasteiger partial charge is 0.253 e. The SMILES string of the molecule is C/C(N)=C(\C=C/C(C)F)C(=O)NCc1cccc(Oc2ccccc2F)c1. The number of amides is 1. The molecule has 0 aromatic heterocycles. The Hall–Kier alpha value is -3.15. The molecule has 1 atom stereocenters.